The highest BCUT2D eigenvalue weighted by atomic mass is 19.1. The lowest BCUT2D eigenvalue weighted by Crippen LogP contribution is -2.44. The van der Waals surface area contributed by atoms with Crippen LogP contribution in [0.25, 0.3) is 11.3 Å². The highest BCUT2D eigenvalue weighted by molar-refractivity contribution is 5.93. The first kappa shape index (κ1) is 17.4. The average molecular weight is 347 g/mol. The van der Waals surface area contributed by atoms with Gasteiger partial charge in [-0.1, -0.05) is 19.0 Å². The van der Waals surface area contributed by atoms with E-state index in [1.54, 1.807) is 6.07 Å². The average Bonchev–Trinajstić information content (AvgIpc) is 3.11. The first-order chi connectivity index (χ1) is 11.8. The maximum Gasteiger partial charge on any atom is 0.273 e. The summed E-state index contributed by atoms with van der Waals surface area (Å²) in [4.78, 5) is 14.6. The van der Waals surface area contributed by atoms with Crippen molar-refractivity contribution < 1.29 is 18.4 Å². The van der Waals surface area contributed by atoms with Crippen molar-refractivity contribution in [2.45, 2.75) is 19.9 Å². The Bertz CT molecular complexity index is 788. The van der Waals surface area contributed by atoms with Gasteiger partial charge in [-0.15, -0.1) is 0 Å². The zero-order chi connectivity index (χ0) is 18.2. The van der Waals surface area contributed by atoms with Gasteiger partial charge in [-0.25, -0.2) is 4.39 Å². The number of likely N-dealkylation sites (N-methyl/N-ethyl adjacent to an activating group) is 1. The molecule has 7 heteroatoms. The standard InChI is InChI=1S/C18H22FN3O3/c1-18(2)10-22(3)9-16(18)20-17(23)14-8-15(25-21-14)12-6-5-11(24-4)7-13(12)19/h5-8,16H,9-10H2,1-4H3,(H,20,23). The van der Waals surface area contributed by atoms with Crippen LogP contribution in [0.15, 0.2) is 28.8 Å². The summed E-state index contributed by atoms with van der Waals surface area (Å²) in [7, 11) is 3.49. The molecule has 2 heterocycles. The van der Waals surface area contributed by atoms with E-state index in [0.29, 0.717) is 5.75 Å². The van der Waals surface area contributed by atoms with Gasteiger partial charge in [0.05, 0.1) is 12.7 Å². The molecule has 1 aliphatic rings. The van der Waals surface area contributed by atoms with E-state index in [4.69, 9.17) is 9.26 Å². The number of halogens is 1. The minimum Gasteiger partial charge on any atom is -0.497 e. The fourth-order valence-corrected chi connectivity index (χ4v) is 3.23. The monoisotopic (exact) mass is 347 g/mol. The second-order valence-electron chi connectivity index (χ2n) is 7.13. The number of methoxy groups -OCH3 is 1. The molecule has 6 nitrogen and oxygen atoms in total. The summed E-state index contributed by atoms with van der Waals surface area (Å²) >= 11 is 0. The first-order valence-electron chi connectivity index (χ1n) is 8.10. The Labute approximate surface area is 145 Å². The molecule has 134 valence electrons. The second-order valence-corrected chi connectivity index (χ2v) is 7.13. The predicted molar refractivity (Wildman–Crippen MR) is 91.0 cm³/mol. The lowest BCUT2D eigenvalue weighted by molar-refractivity contribution is 0.0907. The predicted octanol–water partition coefficient (Wildman–Crippen LogP) is 2.56. The molecule has 1 aromatic heterocycles. The highest BCUT2D eigenvalue weighted by Crippen LogP contribution is 2.29. The van der Waals surface area contributed by atoms with Gasteiger partial charge in [0, 0.05) is 31.3 Å². The smallest absolute Gasteiger partial charge is 0.273 e. The Morgan fingerprint density at radius 3 is 2.80 bits per heavy atom. The highest BCUT2D eigenvalue weighted by Gasteiger charge is 2.39. The summed E-state index contributed by atoms with van der Waals surface area (Å²) < 4.78 is 24.3. The number of ether oxygens (including phenoxy) is 1. The number of carbonyl (C=O) groups is 1. The molecular formula is C18H22FN3O3. The summed E-state index contributed by atoms with van der Waals surface area (Å²) in [5.41, 5.74) is 0.336. The van der Waals surface area contributed by atoms with Gasteiger partial charge in [0.15, 0.2) is 11.5 Å². The Balaban J connectivity index is 1.76. The summed E-state index contributed by atoms with van der Waals surface area (Å²) in [6, 6.07) is 5.88. The summed E-state index contributed by atoms with van der Waals surface area (Å²) in [6.07, 6.45) is 0. The molecule has 1 atom stereocenters. The van der Waals surface area contributed by atoms with Crippen LogP contribution in [0, 0.1) is 11.2 Å². The Morgan fingerprint density at radius 1 is 1.44 bits per heavy atom. The third-order valence-corrected chi connectivity index (χ3v) is 4.60. The van der Waals surface area contributed by atoms with Crippen molar-refractivity contribution in [1.29, 1.82) is 0 Å². The molecule has 0 saturated carbocycles. The molecule has 1 aliphatic heterocycles. The number of aromatic nitrogens is 1. The molecule has 2 aromatic rings. The van der Waals surface area contributed by atoms with Gasteiger partial charge >= 0.3 is 0 Å². The van der Waals surface area contributed by atoms with Crippen molar-refractivity contribution >= 4 is 5.91 Å². The van der Waals surface area contributed by atoms with Crippen LogP contribution >= 0.6 is 0 Å². The maximum absolute atomic E-state index is 14.1. The summed E-state index contributed by atoms with van der Waals surface area (Å²) in [5.74, 6) is -0.210. The third-order valence-electron chi connectivity index (χ3n) is 4.60. The van der Waals surface area contributed by atoms with Gasteiger partial charge in [-0.3, -0.25) is 4.79 Å². The minimum atomic E-state index is -0.499. The number of hydrogen-bond donors (Lipinski definition) is 1. The van der Waals surface area contributed by atoms with Crippen molar-refractivity contribution in [1.82, 2.24) is 15.4 Å². The number of carbonyl (C=O) groups excluding carboxylic acids is 1. The zero-order valence-electron chi connectivity index (χ0n) is 14.8. The van der Waals surface area contributed by atoms with E-state index in [1.165, 1.54) is 25.3 Å². The fraction of sp³-hybridized carbons (Fsp3) is 0.444. The molecule has 1 amide bonds. The SMILES string of the molecule is COc1ccc(-c2cc(C(=O)NC3CN(C)CC3(C)C)no2)c(F)c1. The molecule has 1 N–H and O–H groups in total. The van der Waals surface area contributed by atoms with E-state index in [2.05, 4.69) is 29.2 Å². The Morgan fingerprint density at radius 2 is 2.20 bits per heavy atom. The van der Waals surface area contributed by atoms with Crippen LogP contribution < -0.4 is 10.1 Å². The normalized spacial score (nSPS) is 19.8. The lowest BCUT2D eigenvalue weighted by Gasteiger charge is -2.26. The summed E-state index contributed by atoms with van der Waals surface area (Å²) in [6.45, 7) is 5.90. The van der Waals surface area contributed by atoms with Crippen molar-refractivity contribution in [3.63, 3.8) is 0 Å². The molecule has 1 unspecified atom stereocenters. The molecule has 0 radical (unpaired) electrons. The number of hydrogen-bond acceptors (Lipinski definition) is 5. The molecule has 25 heavy (non-hydrogen) atoms. The molecule has 1 saturated heterocycles. The van der Waals surface area contributed by atoms with E-state index in [0.717, 1.165) is 13.1 Å². The van der Waals surface area contributed by atoms with Crippen molar-refractivity contribution in [2.24, 2.45) is 5.41 Å². The van der Waals surface area contributed by atoms with Gasteiger partial charge in [-0.05, 0) is 24.6 Å². The quantitative estimate of drug-likeness (QED) is 0.921. The van der Waals surface area contributed by atoms with Crippen LogP contribution in [0.3, 0.4) is 0 Å². The van der Waals surface area contributed by atoms with Crippen LogP contribution in [0.4, 0.5) is 4.39 Å². The van der Waals surface area contributed by atoms with E-state index in [-0.39, 0.29) is 34.4 Å². The van der Waals surface area contributed by atoms with Crippen LogP contribution in [-0.2, 0) is 0 Å². The number of nitrogens with one attached hydrogen (secondary N) is 1. The Hall–Kier alpha value is -2.41. The molecule has 1 fully saturated rings. The summed E-state index contributed by atoms with van der Waals surface area (Å²) in [5, 5.41) is 6.78. The van der Waals surface area contributed by atoms with Crippen LogP contribution in [0.2, 0.25) is 0 Å². The fourth-order valence-electron chi connectivity index (χ4n) is 3.23. The van der Waals surface area contributed by atoms with Gasteiger partial charge in [0.2, 0.25) is 0 Å². The van der Waals surface area contributed by atoms with Crippen molar-refractivity contribution in [2.75, 3.05) is 27.2 Å². The maximum atomic E-state index is 14.1. The first-order valence-corrected chi connectivity index (χ1v) is 8.10. The number of rotatable bonds is 4. The topological polar surface area (TPSA) is 67.6 Å². The van der Waals surface area contributed by atoms with Crippen molar-refractivity contribution in [3.8, 4) is 17.1 Å². The van der Waals surface area contributed by atoms with Crippen LogP contribution in [-0.4, -0.2) is 49.3 Å². The van der Waals surface area contributed by atoms with E-state index in [1.807, 2.05) is 7.05 Å². The minimum absolute atomic E-state index is 0.0165. The van der Waals surface area contributed by atoms with Crippen LogP contribution in [0.5, 0.6) is 5.75 Å². The van der Waals surface area contributed by atoms with Gasteiger partial charge in [-0.2, -0.15) is 0 Å². The zero-order valence-corrected chi connectivity index (χ0v) is 14.8. The van der Waals surface area contributed by atoms with E-state index in [9.17, 15) is 9.18 Å². The van der Waals surface area contributed by atoms with Crippen LogP contribution in [0.1, 0.15) is 24.3 Å². The Kier molecular flexibility index (Phi) is 4.51. The van der Waals surface area contributed by atoms with Crippen molar-refractivity contribution in [3.05, 3.63) is 35.8 Å². The molecular weight excluding hydrogens is 325 g/mol. The van der Waals surface area contributed by atoms with Gasteiger partial charge in [0.1, 0.15) is 11.6 Å². The van der Waals surface area contributed by atoms with E-state index < -0.39 is 5.82 Å². The van der Waals surface area contributed by atoms with Gasteiger partial charge < -0.3 is 19.5 Å². The van der Waals surface area contributed by atoms with Gasteiger partial charge in [0.25, 0.3) is 5.91 Å². The second kappa shape index (κ2) is 6.48. The number of amides is 1. The molecule has 0 spiro atoms. The molecule has 3 rings (SSSR count). The van der Waals surface area contributed by atoms with E-state index >= 15 is 0 Å². The number of benzene rings is 1. The molecule has 0 aliphatic carbocycles. The molecule has 1 aromatic carbocycles. The molecule has 0 bridgehead atoms. The number of nitrogens with zero attached hydrogens (tertiary/aromatic N) is 2. The lowest BCUT2D eigenvalue weighted by atomic mass is 9.88. The largest absolute Gasteiger partial charge is 0.497 e. The number of likely N-dealkylation sites (tertiary alicyclic amines) is 1. The third kappa shape index (κ3) is 3.51.